The summed E-state index contributed by atoms with van der Waals surface area (Å²) < 4.78 is 12.6. The van der Waals surface area contributed by atoms with Crippen LogP contribution in [0.2, 0.25) is 0 Å². The third-order valence-corrected chi connectivity index (χ3v) is 5.43. The van der Waals surface area contributed by atoms with Crippen LogP contribution in [0.1, 0.15) is 17.0 Å². The number of nitrogens with zero attached hydrogens (tertiary/aromatic N) is 3. The molecule has 0 bridgehead atoms. The molecule has 0 spiro atoms. The average Bonchev–Trinajstić information content (AvgIpc) is 3.05. The van der Waals surface area contributed by atoms with E-state index in [0.29, 0.717) is 17.1 Å². The average molecular weight is 393 g/mol. The number of rotatable bonds is 5. The zero-order chi connectivity index (χ0) is 19.7. The second-order valence-corrected chi connectivity index (χ2v) is 7.39. The van der Waals surface area contributed by atoms with E-state index in [4.69, 9.17) is 9.15 Å². The van der Waals surface area contributed by atoms with Crippen LogP contribution in [0.15, 0.2) is 62.9 Å². The zero-order valence-electron chi connectivity index (χ0n) is 15.8. The molecule has 0 saturated heterocycles. The topological polar surface area (TPSA) is 70.2 Å². The number of benzene rings is 2. The lowest BCUT2D eigenvalue weighted by molar-refractivity contribution is 0.414. The third-order valence-electron chi connectivity index (χ3n) is 4.45. The van der Waals surface area contributed by atoms with Crippen LogP contribution in [0.5, 0.6) is 5.75 Å². The first-order valence-electron chi connectivity index (χ1n) is 8.78. The molecular weight excluding hydrogens is 374 g/mol. The van der Waals surface area contributed by atoms with Gasteiger partial charge in [0.1, 0.15) is 17.2 Å². The van der Waals surface area contributed by atoms with Crippen molar-refractivity contribution in [1.29, 1.82) is 0 Å². The number of fused-ring (bicyclic) bond motifs is 1. The number of methoxy groups -OCH3 is 1. The molecule has 4 rings (SSSR count). The summed E-state index contributed by atoms with van der Waals surface area (Å²) in [5, 5.41) is 10.2. The number of thioether (sulfide) groups is 1. The zero-order valence-corrected chi connectivity index (χ0v) is 16.6. The molecule has 0 unspecified atom stereocenters. The van der Waals surface area contributed by atoms with Gasteiger partial charge in [0, 0.05) is 29.0 Å². The van der Waals surface area contributed by atoms with Crippen LogP contribution < -0.4 is 10.4 Å². The summed E-state index contributed by atoms with van der Waals surface area (Å²) in [6.45, 7) is 3.98. The van der Waals surface area contributed by atoms with Gasteiger partial charge in [-0.05, 0) is 49.2 Å². The number of hydrogen-bond acceptors (Lipinski definition) is 6. The lowest BCUT2D eigenvalue weighted by Crippen LogP contribution is -2.02. The highest BCUT2D eigenvalue weighted by Gasteiger charge is 2.14. The van der Waals surface area contributed by atoms with Gasteiger partial charge in [0.2, 0.25) is 0 Å². The Labute approximate surface area is 166 Å². The van der Waals surface area contributed by atoms with Crippen molar-refractivity contribution in [2.24, 2.45) is 0 Å². The van der Waals surface area contributed by atoms with Gasteiger partial charge in [-0.3, -0.25) is 4.57 Å². The lowest BCUT2D eigenvalue weighted by Gasteiger charge is -2.10. The fraction of sp³-hybridized carbons (Fsp3) is 0.190. The molecule has 0 aliphatic carbocycles. The summed E-state index contributed by atoms with van der Waals surface area (Å²) in [6, 6.07) is 15.2. The van der Waals surface area contributed by atoms with Crippen LogP contribution in [-0.4, -0.2) is 21.9 Å². The first kappa shape index (κ1) is 18.3. The molecule has 0 aliphatic rings. The second-order valence-electron chi connectivity index (χ2n) is 6.45. The Kier molecular flexibility index (Phi) is 4.92. The molecule has 0 fully saturated rings. The summed E-state index contributed by atoms with van der Waals surface area (Å²) in [5.74, 6) is 2.03. The molecular formula is C21H19N3O3S. The molecule has 28 heavy (non-hydrogen) atoms. The summed E-state index contributed by atoms with van der Waals surface area (Å²) in [6.07, 6.45) is 0. The van der Waals surface area contributed by atoms with Crippen molar-refractivity contribution in [3.05, 3.63) is 75.9 Å². The van der Waals surface area contributed by atoms with Gasteiger partial charge >= 0.3 is 5.63 Å². The highest BCUT2D eigenvalue weighted by Crippen LogP contribution is 2.29. The summed E-state index contributed by atoms with van der Waals surface area (Å²) >= 11 is 1.53. The molecule has 142 valence electrons. The van der Waals surface area contributed by atoms with Gasteiger partial charge in [0.25, 0.3) is 0 Å². The normalized spacial score (nSPS) is 11.1. The van der Waals surface area contributed by atoms with E-state index < -0.39 is 0 Å². The van der Waals surface area contributed by atoms with E-state index >= 15 is 0 Å². The Morgan fingerprint density at radius 1 is 1.11 bits per heavy atom. The largest absolute Gasteiger partial charge is 0.497 e. The molecule has 2 aromatic heterocycles. The molecule has 2 heterocycles. The summed E-state index contributed by atoms with van der Waals surface area (Å²) in [4.78, 5) is 12.0. The van der Waals surface area contributed by atoms with Gasteiger partial charge in [-0.2, -0.15) is 0 Å². The standard InChI is InChI=1S/C21H19N3O3S/c1-13-5-4-6-16(9-13)24-14(2)22-23-21(24)28-12-15-10-20(25)27-19-11-17(26-3)7-8-18(15)19/h4-11H,12H2,1-3H3. The van der Waals surface area contributed by atoms with Crippen molar-refractivity contribution >= 4 is 22.7 Å². The van der Waals surface area contributed by atoms with E-state index in [0.717, 1.165) is 27.6 Å². The maximum atomic E-state index is 12.0. The van der Waals surface area contributed by atoms with Crippen LogP contribution in [0.4, 0.5) is 0 Å². The van der Waals surface area contributed by atoms with Crippen LogP contribution in [-0.2, 0) is 5.75 Å². The van der Waals surface area contributed by atoms with Crippen LogP contribution in [0.25, 0.3) is 16.7 Å². The Morgan fingerprint density at radius 2 is 1.96 bits per heavy atom. The van der Waals surface area contributed by atoms with Crippen LogP contribution >= 0.6 is 11.8 Å². The molecule has 0 N–H and O–H groups in total. The van der Waals surface area contributed by atoms with Crippen LogP contribution in [0, 0.1) is 13.8 Å². The highest BCUT2D eigenvalue weighted by molar-refractivity contribution is 7.98. The first-order valence-corrected chi connectivity index (χ1v) is 9.76. The molecule has 0 saturated carbocycles. The van der Waals surface area contributed by atoms with Gasteiger partial charge in [0.15, 0.2) is 5.16 Å². The Bertz CT molecular complexity index is 1210. The predicted octanol–water partition coefficient (Wildman–Crippen LogP) is 4.29. The van der Waals surface area contributed by atoms with Crippen molar-refractivity contribution in [3.63, 3.8) is 0 Å². The van der Waals surface area contributed by atoms with Gasteiger partial charge in [-0.25, -0.2) is 4.79 Å². The quantitative estimate of drug-likeness (QED) is 0.372. The SMILES string of the molecule is COc1ccc2c(CSc3nnc(C)n3-c3cccc(C)c3)cc(=O)oc2c1. The van der Waals surface area contributed by atoms with Gasteiger partial charge < -0.3 is 9.15 Å². The van der Waals surface area contributed by atoms with E-state index in [1.165, 1.54) is 23.4 Å². The Hall–Kier alpha value is -3.06. The molecule has 0 radical (unpaired) electrons. The number of hydrogen-bond donors (Lipinski definition) is 0. The van der Waals surface area contributed by atoms with Crippen molar-refractivity contribution in [2.75, 3.05) is 7.11 Å². The van der Waals surface area contributed by atoms with Gasteiger partial charge in [-0.1, -0.05) is 23.9 Å². The number of ether oxygens (including phenoxy) is 1. The summed E-state index contributed by atoms with van der Waals surface area (Å²) in [7, 11) is 1.58. The molecule has 0 amide bonds. The third kappa shape index (κ3) is 3.53. The van der Waals surface area contributed by atoms with E-state index in [1.807, 2.05) is 35.8 Å². The molecule has 4 aromatic rings. The van der Waals surface area contributed by atoms with Crippen molar-refractivity contribution in [1.82, 2.24) is 14.8 Å². The molecule has 2 aromatic carbocycles. The van der Waals surface area contributed by atoms with Crippen molar-refractivity contribution in [3.8, 4) is 11.4 Å². The van der Waals surface area contributed by atoms with Crippen molar-refractivity contribution < 1.29 is 9.15 Å². The van der Waals surface area contributed by atoms with E-state index in [-0.39, 0.29) is 5.63 Å². The highest BCUT2D eigenvalue weighted by atomic mass is 32.2. The number of aromatic nitrogens is 3. The minimum atomic E-state index is -0.382. The predicted molar refractivity (Wildman–Crippen MR) is 109 cm³/mol. The first-order chi connectivity index (χ1) is 13.5. The van der Waals surface area contributed by atoms with Crippen LogP contribution in [0.3, 0.4) is 0 Å². The van der Waals surface area contributed by atoms with Gasteiger partial charge in [0.05, 0.1) is 7.11 Å². The maximum Gasteiger partial charge on any atom is 0.336 e. The van der Waals surface area contributed by atoms with Crippen molar-refractivity contribution in [2.45, 2.75) is 24.8 Å². The monoisotopic (exact) mass is 393 g/mol. The Balaban J connectivity index is 1.69. The lowest BCUT2D eigenvalue weighted by atomic mass is 10.1. The minimum Gasteiger partial charge on any atom is -0.497 e. The van der Waals surface area contributed by atoms with Gasteiger partial charge in [-0.15, -0.1) is 10.2 Å². The molecule has 7 heteroatoms. The molecule has 0 aliphatic heterocycles. The Morgan fingerprint density at radius 3 is 2.75 bits per heavy atom. The second kappa shape index (κ2) is 7.52. The fourth-order valence-corrected chi connectivity index (χ4v) is 4.09. The molecule has 0 atom stereocenters. The molecule has 6 nitrogen and oxygen atoms in total. The minimum absolute atomic E-state index is 0.382. The fourth-order valence-electron chi connectivity index (χ4n) is 3.10. The smallest absolute Gasteiger partial charge is 0.336 e. The van der Waals surface area contributed by atoms with E-state index in [1.54, 1.807) is 13.2 Å². The van der Waals surface area contributed by atoms with E-state index in [2.05, 4.69) is 29.3 Å². The summed E-state index contributed by atoms with van der Waals surface area (Å²) in [5.41, 5.74) is 3.20. The maximum absolute atomic E-state index is 12.0. The van der Waals surface area contributed by atoms with E-state index in [9.17, 15) is 4.79 Å². The number of aryl methyl sites for hydroxylation is 2.